The molecule has 0 unspecified atom stereocenters. The van der Waals surface area contributed by atoms with Crippen molar-refractivity contribution < 1.29 is 40.7 Å². The molecule has 3 heterocycles. The third-order valence-corrected chi connectivity index (χ3v) is 7.03. The highest BCUT2D eigenvalue weighted by Crippen LogP contribution is 2.47. The molecule has 0 atom stereocenters. The van der Waals surface area contributed by atoms with Gasteiger partial charge in [-0.2, -0.15) is 13.2 Å². The number of allylic oxidation sites excluding steroid dienone is 1. The van der Waals surface area contributed by atoms with Crippen LogP contribution in [0.4, 0.5) is 32.0 Å². The van der Waals surface area contributed by atoms with Gasteiger partial charge in [0.15, 0.2) is 5.75 Å². The minimum Gasteiger partial charge on any atom is -0.494 e. The molecule has 5 rings (SSSR count). The number of ether oxygens (including phenoxy) is 1. The van der Waals surface area contributed by atoms with Gasteiger partial charge in [0.2, 0.25) is 11.7 Å². The fourth-order valence-corrected chi connectivity index (χ4v) is 4.88. The largest absolute Gasteiger partial charge is 0.494 e. The van der Waals surface area contributed by atoms with Crippen LogP contribution in [0.15, 0.2) is 48.8 Å². The summed E-state index contributed by atoms with van der Waals surface area (Å²) in [6.45, 7) is 1.59. The minimum absolute atomic E-state index is 0.0187. The van der Waals surface area contributed by atoms with Gasteiger partial charge in [-0.05, 0) is 31.2 Å². The van der Waals surface area contributed by atoms with E-state index < -0.39 is 63.4 Å². The van der Waals surface area contributed by atoms with E-state index in [9.17, 15) is 31.5 Å². The van der Waals surface area contributed by atoms with Crippen molar-refractivity contribution in [1.82, 2.24) is 18.9 Å². The molecule has 0 aliphatic heterocycles. The number of carbonyl (C=O) groups is 2. The molecule has 0 bridgehead atoms. The van der Waals surface area contributed by atoms with Gasteiger partial charge in [-0.3, -0.25) is 14.0 Å². The Morgan fingerprint density at radius 2 is 1.80 bits per heavy atom. The summed E-state index contributed by atoms with van der Waals surface area (Å²) in [6.07, 6.45) is -0.999. The van der Waals surface area contributed by atoms with Crippen LogP contribution in [-0.4, -0.2) is 43.6 Å². The van der Waals surface area contributed by atoms with Crippen molar-refractivity contribution in [3.63, 3.8) is 0 Å². The summed E-state index contributed by atoms with van der Waals surface area (Å²) in [6, 6.07) is 2.96. The minimum atomic E-state index is -4.94. The molecular weight excluding hydrogens is 616 g/mol. The van der Waals surface area contributed by atoms with Crippen molar-refractivity contribution in [2.24, 2.45) is 7.05 Å². The zero-order valence-corrected chi connectivity index (χ0v) is 23.7. The lowest BCUT2D eigenvalue weighted by Gasteiger charge is -2.18. The molecule has 2 aromatic carbocycles. The number of nitrogens with zero attached hydrogens (tertiary/aromatic N) is 4. The molecule has 1 amide bonds. The Labute approximate surface area is 249 Å². The van der Waals surface area contributed by atoms with Gasteiger partial charge >= 0.3 is 6.18 Å². The molecule has 15 heteroatoms. The molecule has 0 saturated carbocycles. The number of amides is 1. The van der Waals surface area contributed by atoms with Crippen LogP contribution in [0.3, 0.4) is 0 Å². The molecule has 0 saturated heterocycles. The third kappa shape index (κ3) is 5.25. The lowest BCUT2D eigenvalue weighted by Crippen LogP contribution is -2.13. The van der Waals surface area contributed by atoms with Crippen molar-refractivity contribution >= 4 is 45.7 Å². The molecule has 0 aliphatic carbocycles. The number of methoxy groups -OCH3 is 1. The standard InChI is InChI=1S/C29H20ClF6N5O3/c1-13-38-25-20(40(13)2)10-17(29(34,35)36)23(27(25)44-3)16-9-15(31)12-41-21(11-37-28(16)41)26(43)14-7-18(32)24(19(33)8-14)39-22(42)5-4-6-30/h4-5,7-12H,6H2,1-3H3,(H,39,42)/b5-4+. The number of hydrogen-bond acceptors (Lipinski definition) is 5. The fraction of sp³-hybridized carbons (Fsp3) is 0.172. The third-order valence-electron chi connectivity index (χ3n) is 6.85. The van der Waals surface area contributed by atoms with Crippen LogP contribution >= 0.6 is 11.6 Å². The molecule has 0 fully saturated rings. The van der Waals surface area contributed by atoms with Crippen molar-refractivity contribution in [3.05, 3.63) is 88.9 Å². The molecule has 0 radical (unpaired) electrons. The summed E-state index contributed by atoms with van der Waals surface area (Å²) < 4.78 is 95.7. The van der Waals surface area contributed by atoms with Crippen molar-refractivity contribution in [2.45, 2.75) is 13.1 Å². The van der Waals surface area contributed by atoms with Gasteiger partial charge in [-0.1, -0.05) is 6.08 Å². The number of imidazole rings is 2. The van der Waals surface area contributed by atoms with Crippen molar-refractivity contribution in [3.8, 4) is 16.9 Å². The Bertz CT molecular complexity index is 1990. The monoisotopic (exact) mass is 635 g/mol. The molecule has 1 N–H and O–H groups in total. The number of aryl methyl sites for hydroxylation is 2. The van der Waals surface area contributed by atoms with E-state index in [2.05, 4.69) is 9.97 Å². The van der Waals surface area contributed by atoms with Crippen molar-refractivity contribution in [1.29, 1.82) is 0 Å². The number of hydrogen-bond donors (Lipinski definition) is 1. The van der Waals surface area contributed by atoms with Gasteiger partial charge in [0.25, 0.3) is 0 Å². The quantitative estimate of drug-likeness (QED) is 0.0942. The average molecular weight is 636 g/mol. The molecule has 5 aromatic rings. The average Bonchev–Trinajstić information content (AvgIpc) is 3.51. The van der Waals surface area contributed by atoms with E-state index in [-0.39, 0.29) is 33.9 Å². The first-order valence-electron chi connectivity index (χ1n) is 12.6. The first kappa shape index (κ1) is 30.6. The molecule has 8 nitrogen and oxygen atoms in total. The van der Waals surface area contributed by atoms with Crippen LogP contribution in [-0.2, 0) is 18.0 Å². The van der Waals surface area contributed by atoms with E-state index in [1.54, 1.807) is 6.92 Å². The summed E-state index contributed by atoms with van der Waals surface area (Å²) in [4.78, 5) is 33.6. The number of ketones is 1. The highest BCUT2D eigenvalue weighted by Gasteiger charge is 2.38. The van der Waals surface area contributed by atoms with Gasteiger partial charge in [-0.25, -0.2) is 23.1 Å². The smallest absolute Gasteiger partial charge is 0.417 e. The van der Waals surface area contributed by atoms with E-state index >= 15 is 4.39 Å². The van der Waals surface area contributed by atoms with Crippen LogP contribution < -0.4 is 10.1 Å². The lowest BCUT2D eigenvalue weighted by atomic mass is 9.97. The summed E-state index contributed by atoms with van der Waals surface area (Å²) in [5.74, 6) is -5.48. The second-order valence-electron chi connectivity index (χ2n) is 9.51. The number of alkyl halides is 4. The van der Waals surface area contributed by atoms with Gasteiger partial charge in [0, 0.05) is 41.9 Å². The summed E-state index contributed by atoms with van der Waals surface area (Å²) in [7, 11) is 2.67. The van der Waals surface area contributed by atoms with Gasteiger partial charge in [0.05, 0.1) is 24.4 Å². The molecular formula is C29H20ClF6N5O3. The molecule has 44 heavy (non-hydrogen) atoms. The first-order chi connectivity index (χ1) is 20.8. The molecule has 0 aliphatic rings. The van der Waals surface area contributed by atoms with E-state index in [1.807, 2.05) is 5.32 Å². The Morgan fingerprint density at radius 3 is 2.41 bits per heavy atom. The maximum absolute atomic E-state index is 15.1. The Kier molecular flexibility index (Phi) is 7.88. The Morgan fingerprint density at radius 1 is 1.11 bits per heavy atom. The van der Waals surface area contributed by atoms with E-state index in [0.29, 0.717) is 18.0 Å². The number of rotatable bonds is 7. The van der Waals surface area contributed by atoms with Crippen LogP contribution in [0, 0.1) is 24.4 Å². The second kappa shape index (κ2) is 11.3. The number of nitrogens with one attached hydrogen (secondary N) is 1. The summed E-state index contributed by atoms with van der Waals surface area (Å²) in [5, 5.41) is 2.00. The number of aromatic nitrogens is 4. The topological polar surface area (TPSA) is 90.5 Å². The zero-order valence-electron chi connectivity index (χ0n) is 23.0. The normalized spacial score (nSPS) is 12.0. The number of benzene rings is 2. The number of halogens is 7. The highest BCUT2D eigenvalue weighted by molar-refractivity contribution is 6.19. The van der Waals surface area contributed by atoms with E-state index in [4.69, 9.17) is 16.3 Å². The summed E-state index contributed by atoms with van der Waals surface area (Å²) in [5.41, 5.74) is -3.98. The zero-order chi connectivity index (χ0) is 32.1. The second-order valence-corrected chi connectivity index (χ2v) is 9.82. The van der Waals surface area contributed by atoms with Crippen LogP contribution in [0.25, 0.3) is 27.8 Å². The van der Waals surface area contributed by atoms with Gasteiger partial charge in [-0.15, -0.1) is 11.6 Å². The van der Waals surface area contributed by atoms with E-state index in [1.165, 1.54) is 17.7 Å². The first-order valence-corrected chi connectivity index (χ1v) is 13.2. The molecule has 0 spiro atoms. The highest BCUT2D eigenvalue weighted by atomic mass is 35.5. The number of carbonyl (C=O) groups excluding carboxylic acids is 2. The lowest BCUT2D eigenvalue weighted by molar-refractivity contribution is -0.137. The number of anilines is 1. The van der Waals surface area contributed by atoms with E-state index in [0.717, 1.165) is 42.1 Å². The summed E-state index contributed by atoms with van der Waals surface area (Å²) >= 11 is 5.44. The van der Waals surface area contributed by atoms with Crippen LogP contribution in [0.2, 0.25) is 0 Å². The SMILES string of the molecule is COc1c(-c2cc(F)cn3c(C(=O)c4cc(F)c(NC(=O)/C=C/CCl)c(F)c4)cnc23)c(C(F)(F)F)cc2c1nc(C)n2C. The fourth-order valence-electron chi connectivity index (χ4n) is 4.79. The van der Waals surface area contributed by atoms with Gasteiger partial charge in [0.1, 0.15) is 45.8 Å². The number of pyridine rings is 1. The Balaban J connectivity index is 1.68. The maximum Gasteiger partial charge on any atom is 0.417 e. The van der Waals surface area contributed by atoms with Crippen LogP contribution in [0.5, 0.6) is 5.75 Å². The predicted octanol–water partition coefficient (Wildman–Crippen LogP) is 6.61. The Hall–Kier alpha value is -4.85. The maximum atomic E-state index is 15.1. The van der Waals surface area contributed by atoms with Gasteiger partial charge < -0.3 is 14.6 Å². The van der Waals surface area contributed by atoms with Crippen molar-refractivity contribution in [2.75, 3.05) is 18.3 Å². The predicted molar refractivity (Wildman–Crippen MR) is 149 cm³/mol. The number of fused-ring (bicyclic) bond motifs is 2. The molecule has 228 valence electrons. The van der Waals surface area contributed by atoms with Crippen LogP contribution in [0.1, 0.15) is 27.4 Å². The molecule has 3 aromatic heterocycles.